The fourth-order valence-corrected chi connectivity index (χ4v) is 3.65. The Morgan fingerprint density at radius 1 is 0.778 bits per heavy atom. The summed E-state index contributed by atoms with van der Waals surface area (Å²) in [7, 11) is 0. The monoisotopic (exact) mass is 357 g/mol. The average molecular weight is 357 g/mol. The van der Waals surface area contributed by atoms with Crippen LogP contribution in [0.4, 0.5) is 17.1 Å². The molecule has 2 heteroatoms. The van der Waals surface area contributed by atoms with Gasteiger partial charge >= 0.3 is 0 Å². The molecule has 138 valence electrons. The number of anilines is 3. The van der Waals surface area contributed by atoms with Crippen molar-refractivity contribution >= 4 is 17.1 Å². The molecule has 3 aromatic carbocycles. The first-order valence-corrected chi connectivity index (χ1v) is 10.00. The number of unbranched alkanes of at least 4 members (excludes halogenated alkanes) is 1. The van der Waals surface area contributed by atoms with E-state index < -0.39 is 0 Å². The van der Waals surface area contributed by atoms with Gasteiger partial charge in [0, 0.05) is 5.69 Å². The van der Waals surface area contributed by atoms with Crippen LogP contribution in [0.2, 0.25) is 0 Å². The molecule has 0 saturated heterocycles. The van der Waals surface area contributed by atoms with Crippen molar-refractivity contribution in [3.05, 3.63) is 77.4 Å². The molecule has 2 nitrogen and oxygen atoms in total. The lowest BCUT2D eigenvalue weighted by Gasteiger charge is -2.33. The van der Waals surface area contributed by atoms with E-state index in [-0.39, 0.29) is 0 Å². The molecule has 0 spiro atoms. The molecule has 0 saturated carbocycles. The Morgan fingerprint density at radius 3 is 2.15 bits per heavy atom. The number of nitrogens with zero attached hydrogens (tertiary/aromatic N) is 1. The molecule has 0 fully saturated rings. The summed E-state index contributed by atoms with van der Waals surface area (Å²) in [5, 5.41) is 0. The van der Waals surface area contributed by atoms with Crippen LogP contribution in [0.15, 0.2) is 60.7 Å². The summed E-state index contributed by atoms with van der Waals surface area (Å²) in [6.45, 7) is 6.52. The zero-order chi connectivity index (χ0) is 18.8. The zero-order valence-corrected chi connectivity index (χ0v) is 16.5. The van der Waals surface area contributed by atoms with Crippen LogP contribution in [-0.2, 0) is 12.8 Å². The van der Waals surface area contributed by atoms with Gasteiger partial charge in [-0.2, -0.15) is 0 Å². The summed E-state index contributed by atoms with van der Waals surface area (Å²) in [6.07, 6.45) is 4.61. The Hall–Kier alpha value is -2.74. The van der Waals surface area contributed by atoms with Crippen LogP contribution in [0, 0.1) is 6.92 Å². The van der Waals surface area contributed by atoms with Gasteiger partial charge in [-0.3, -0.25) is 0 Å². The lowest BCUT2D eigenvalue weighted by Crippen LogP contribution is -2.16. The number of benzene rings is 3. The third kappa shape index (κ3) is 3.44. The number of ether oxygens (including phenoxy) is 1. The highest BCUT2D eigenvalue weighted by Gasteiger charge is 2.26. The molecule has 1 aliphatic rings. The minimum absolute atomic E-state index is 0.922. The topological polar surface area (TPSA) is 12.5 Å². The Morgan fingerprint density at radius 2 is 1.44 bits per heavy atom. The maximum atomic E-state index is 6.29. The molecule has 0 N–H and O–H groups in total. The third-order valence-corrected chi connectivity index (χ3v) is 5.26. The minimum atomic E-state index is 0.922. The van der Waals surface area contributed by atoms with Crippen molar-refractivity contribution in [3.8, 4) is 11.5 Å². The quantitative estimate of drug-likeness (QED) is 0.367. The summed E-state index contributed by atoms with van der Waals surface area (Å²) in [6, 6.07) is 22.0. The first-order chi connectivity index (χ1) is 13.2. The summed E-state index contributed by atoms with van der Waals surface area (Å²) in [5.74, 6) is 1.85. The Labute approximate surface area is 162 Å². The van der Waals surface area contributed by atoms with E-state index in [0.717, 1.165) is 35.7 Å². The highest BCUT2D eigenvalue weighted by molar-refractivity contribution is 5.86. The standard InChI is InChI=1S/C25H27NO/c1-4-6-7-20-9-12-21(13-10-20)26-22-14-8-18(3)16-24(22)27-25-17-19(5-2)11-15-23(25)26/h8-17H,4-7H2,1-3H3. The van der Waals surface area contributed by atoms with Gasteiger partial charge in [-0.25, -0.2) is 0 Å². The molecular formula is C25H27NO. The number of aryl methyl sites for hydroxylation is 3. The lowest BCUT2D eigenvalue weighted by atomic mass is 10.0. The van der Waals surface area contributed by atoms with Gasteiger partial charge in [0.25, 0.3) is 0 Å². The molecule has 4 rings (SSSR count). The highest BCUT2D eigenvalue weighted by atomic mass is 16.5. The van der Waals surface area contributed by atoms with Gasteiger partial charge in [-0.1, -0.05) is 44.5 Å². The fourth-order valence-electron chi connectivity index (χ4n) is 3.65. The Kier molecular flexibility index (Phi) is 4.89. The predicted molar refractivity (Wildman–Crippen MR) is 114 cm³/mol. The summed E-state index contributed by atoms with van der Waals surface area (Å²) < 4.78 is 6.29. The average Bonchev–Trinajstić information content (AvgIpc) is 2.70. The van der Waals surface area contributed by atoms with Crippen LogP contribution in [0.25, 0.3) is 0 Å². The van der Waals surface area contributed by atoms with Crippen LogP contribution in [0.5, 0.6) is 11.5 Å². The van der Waals surface area contributed by atoms with Crippen molar-refractivity contribution in [2.24, 2.45) is 0 Å². The van der Waals surface area contributed by atoms with E-state index in [1.165, 1.54) is 35.2 Å². The van der Waals surface area contributed by atoms with Crippen LogP contribution in [-0.4, -0.2) is 0 Å². The van der Waals surface area contributed by atoms with Crippen molar-refractivity contribution in [2.75, 3.05) is 4.90 Å². The summed E-state index contributed by atoms with van der Waals surface area (Å²) in [5.41, 5.74) is 7.27. The molecule has 1 aliphatic heterocycles. The molecular weight excluding hydrogens is 330 g/mol. The number of rotatable bonds is 5. The smallest absolute Gasteiger partial charge is 0.151 e. The van der Waals surface area contributed by atoms with Crippen LogP contribution >= 0.6 is 0 Å². The van der Waals surface area contributed by atoms with Crippen LogP contribution < -0.4 is 9.64 Å². The van der Waals surface area contributed by atoms with Crippen molar-refractivity contribution < 1.29 is 4.74 Å². The number of fused-ring (bicyclic) bond motifs is 2. The molecule has 0 aromatic heterocycles. The van der Waals surface area contributed by atoms with E-state index in [9.17, 15) is 0 Å². The van der Waals surface area contributed by atoms with E-state index >= 15 is 0 Å². The maximum Gasteiger partial charge on any atom is 0.151 e. The molecule has 1 heterocycles. The minimum Gasteiger partial charge on any atom is -0.453 e. The van der Waals surface area contributed by atoms with E-state index in [1.54, 1.807) is 0 Å². The van der Waals surface area contributed by atoms with E-state index in [1.807, 2.05) is 0 Å². The molecule has 0 radical (unpaired) electrons. The van der Waals surface area contributed by atoms with Gasteiger partial charge < -0.3 is 9.64 Å². The van der Waals surface area contributed by atoms with Crippen LogP contribution in [0.1, 0.15) is 43.4 Å². The molecule has 27 heavy (non-hydrogen) atoms. The van der Waals surface area contributed by atoms with Crippen molar-refractivity contribution in [1.82, 2.24) is 0 Å². The van der Waals surface area contributed by atoms with Crippen molar-refractivity contribution in [2.45, 2.75) is 46.5 Å². The van der Waals surface area contributed by atoms with Crippen molar-refractivity contribution in [3.63, 3.8) is 0 Å². The first kappa shape index (κ1) is 17.7. The fraction of sp³-hybridized carbons (Fsp3) is 0.280. The molecule has 3 aromatic rings. The summed E-state index contributed by atoms with van der Waals surface area (Å²) >= 11 is 0. The highest BCUT2D eigenvalue weighted by Crippen LogP contribution is 2.50. The zero-order valence-electron chi connectivity index (χ0n) is 16.5. The third-order valence-electron chi connectivity index (χ3n) is 5.26. The Bertz CT molecular complexity index is 943. The van der Waals surface area contributed by atoms with Crippen molar-refractivity contribution in [1.29, 1.82) is 0 Å². The van der Waals surface area contributed by atoms with Gasteiger partial charge in [0.15, 0.2) is 11.5 Å². The second-order valence-corrected chi connectivity index (χ2v) is 7.33. The normalized spacial score (nSPS) is 12.3. The lowest BCUT2D eigenvalue weighted by molar-refractivity contribution is 0.476. The maximum absolute atomic E-state index is 6.29. The predicted octanol–water partition coefficient (Wildman–Crippen LogP) is 7.48. The number of hydrogen-bond acceptors (Lipinski definition) is 2. The van der Waals surface area contributed by atoms with E-state index in [4.69, 9.17) is 4.74 Å². The molecule has 0 unspecified atom stereocenters. The van der Waals surface area contributed by atoms with Gasteiger partial charge in [0.2, 0.25) is 0 Å². The Balaban J connectivity index is 1.79. The molecule has 0 amide bonds. The first-order valence-electron chi connectivity index (χ1n) is 10.00. The second kappa shape index (κ2) is 7.48. The van der Waals surface area contributed by atoms with E-state index in [2.05, 4.69) is 86.3 Å². The van der Waals surface area contributed by atoms with Gasteiger partial charge in [0.1, 0.15) is 0 Å². The SMILES string of the molecule is CCCCc1ccc(N2c3ccc(C)cc3Oc3cc(CC)ccc32)cc1. The molecule has 0 aliphatic carbocycles. The largest absolute Gasteiger partial charge is 0.453 e. The van der Waals surface area contributed by atoms with E-state index in [0.29, 0.717) is 0 Å². The van der Waals surface area contributed by atoms with Gasteiger partial charge in [-0.05, 0) is 79.3 Å². The molecule has 0 atom stereocenters. The van der Waals surface area contributed by atoms with Crippen LogP contribution in [0.3, 0.4) is 0 Å². The van der Waals surface area contributed by atoms with Gasteiger partial charge in [0.05, 0.1) is 11.4 Å². The molecule has 0 bridgehead atoms. The number of hydrogen-bond donors (Lipinski definition) is 0. The van der Waals surface area contributed by atoms with Gasteiger partial charge in [-0.15, -0.1) is 0 Å². The second-order valence-electron chi connectivity index (χ2n) is 7.33. The summed E-state index contributed by atoms with van der Waals surface area (Å²) in [4.78, 5) is 2.32.